The fourth-order valence-corrected chi connectivity index (χ4v) is 1.61. The van der Waals surface area contributed by atoms with E-state index < -0.39 is 0 Å². The summed E-state index contributed by atoms with van der Waals surface area (Å²) in [5.41, 5.74) is 1.19. The summed E-state index contributed by atoms with van der Waals surface area (Å²) in [4.78, 5) is 0. The van der Waals surface area contributed by atoms with Crippen LogP contribution in [0.3, 0.4) is 0 Å². The van der Waals surface area contributed by atoms with Gasteiger partial charge in [0.2, 0.25) is 0 Å². The summed E-state index contributed by atoms with van der Waals surface area (Å²) >= 11 is 8.32. The molecule has 1 aromatic rings. The summed E-state index contributed by atoms with van der Waals surface area (Å²) in [5.74, 6) is 0. The van der Waals surface area contributed by atoms with Gasteiger partial charge in [0.1, 0.15) is 0 Å². The molecule has 0 aromatic heterocycles. The van der Waals surface area contributed by atoms with Crippen LogP contribution in [0.25, 0.3) is 0 Å². The molecule has 9 heavy (non-hydrogen) atoms. The predicted octanol–water partition coefficient (Wildman–Crippen LogP) is 2.01. The van der Waals surface area contributed by atoms with Crippen molar-refractivity contribution in [3.8, 4) is 0 Å². The minimum atomic E-state index is 0.859. The van der Waals surface area contributed by atoms with Gasteiger partial charge in [0.15, 0.2) is 0 Å². The molecular formula is C7H6AsCl. The quantitative estimate of drug-likeness (QED) is 0.609. The number of hydrogen-bond acceptors (Lipinski definition) is 0. The zero-order valence-corrected chi connectivity index (χ0v) is 7.47. The van der Waals surface area contributed by atoms with E-state index in [2.05, 4.69) is 16.9 Å². The first-order valence-electron chi connectivity index (χ1n) is 2.69. The maximum atomic E-state index is 5.81. The van der Waals surface area contributed by atoms with Gasteiger partial charge >= 0.3 is 68.5 Å². The molecule has 1 aromatic carbocycles. The van der Waals surface area contributed by atoms with Crippen LogP contribution in [0.5, 0.6) is 0 Å². The Labute approximate surface area is 68.7 Å². The van der Waals surface area contributed by atoms with Gasteiger partial charge in [-0.3, -0.25) is 0 Å². The topological polar surface area (TPSA) is 0 Å². The second kappa shape index (κ2) is 3.29. The summed E-state index contributed by atoms with van der Waals surface area (Å²) < 4.78 is 0. The van der Waals surface area contributed by atoms with Crippen molar-refractivity contribution in [3.63, 3.8) is 0 Å². The standard InChI is InChI=1S/C7H6AsCl/c8-5-6-3-1-2-4-7(6)9/h1-4H,5H2. The van der Waals surface area contributed by atoms with E-state index in [0.29, 0.717) is 0 Å². The fraction of sp³-hybridized carbons (Fsp3) is 0.143. The number of rotatable bonds is 1. The molecule has 2 heteroatoms. The van der Waals surface area contributed by atoms with Gasteiger partial charge in [-0.15, -0.1) is 0 Å². The summed E-state index contributed by atoms with van der Waals surface area (Å²) in [5, 5.41) is 1.81. The molecule has 0 heterocycles. The third-order valence-electron chi connectivity index (χ3n) is 1.13. The van der Waals surface area contributed by atoms with Gasteiger partial charge in [0.25, 0.3) is 0 Å². The number of halogens is 1. The SMILES string of the molecule is Clc1ccccc1C[As]. The Hall–Kier alpha value is 0.0684. The number of benzene rings is 1. The van der Waals surface area contributed by atoms with E-state index in [1.165, 1.54) is 5.56 Å². The third-order valence-corrected chi connectivity index (χ3v) is 2.21. The van der Waals surface area contributed by atoms with Gasteiger partial charge < -0.3 is 0 Å². The van der Waals surface area contributed by atoms with Crippen molar-refractivity contribution in [1.29, 1.82) is 0 Å². The van der Waals surface area contributed by atoms with Crippen LogP contribution in [0, 0.1) is 0 Å². The van der Waals surface area contributed by atoms with Gasteiger partial charge in [0, 0.05) is 0 Å². The van der Waals surface area contributed by atoms with Gasteiger partial charge in [-0.05, 0) is 0 Å². The average Bonchev–Trinajstić information content (AvgIpc) is 1.89. The van der Waals surface area contributed by atoms with Crippen LogP contribution in [0.15, 0.2) is 24.3 Å². The van der Waals surface area contributed by atoms with Crippen LogP contribution in [-0.4, -0.2) is 16.9 Å². The first-order chi connectivity index (χ1) is 4.34. The molecule has 0 nitrogen and oxygen atoms in total. The molecule has 0 saturated heterocycles. The summed E-state index contributed by atoms with van der Waals surface area (Å²) in [6.07, 6.45) is 0. The monoisotopic (exact) mass is 200 g/mol. The van der Waals surface area contributed by atoms with Crippen molar-refractivity contribution in [2.75, 3.05) is 0 Å². The van der Waals surface area contributed by atoms with Crippen LogP contribution >= 0.6 is 11.6 Å². The van der Waals surface area contributed by atoms with E-state index in [9.17, 15) is 0 Å². The molecule has 0 bridgehead atoms. The third kappa shape index (κ3) is 1.74. The Balaban J connectivity index is 3.01. The van der Waals surface area contributed by atoms with Crippen LogP contribution in [0.2, 0.25) is 5.02 Å². The predicted molar refractivity (Wildman–Crippen MR) is 40.9 cm³/mol. The minimum absolute atomic E-state index is 0.859. The molecule has 0 amide bonds. The second-order valence-corrected chi connectivity index (χ2v) is 2.82. The maximum absolute atomic E-state index is 5.81. The van der Waals surface area contributed by atoms with E-state index in [4.69, 9.17) is 11.6 Å². The van der Waals surface area contributed by atoms with Gasteiger partial charge in [-0.25, -0.2) is 0 Å². The molecule has 0 aliphatic carbocycles. The molecule has 0 saturated carbocycles. The van der Waals surface area contributed by atoms with Gasteiger partial charge in [0.05, 0.1) is 0 Å². The zero-order valence-electron chi connectivity index (χ0n) is 4.84. The van der Waals surface area contributed by atoms with E-state index >= 15 is 0 Å². The molecule has 0 unspecified atom stereocenters. The molecule has 0 spiro atoms. The van der Waals surface area contributed by atoms with Crippen LogP contribution < -0.4 is 0 Å². The molecule has 1 rings (SSSR count). The van der Waals surface area contributed by atoms with Crippen molar-refractivity contribution in [2.24, 2.45) is 0 Å². The molecule has 0 N–H and O–H groups in total. The molecule has 0 aliphatic heterocycles. The Morgan fingerprint density at radius 1 is 1.33 bits per heavy atom. The molecular weight excluding hydrogens is 194 g/mol. The molecule has 2 radical (unpaired) electrons. The molecule has 46 valence electrons. The van der Waals surface area contributed by atoms with Gasteiger partial charge in [-0.2, -0.15) is 0 Å². The molecule has 0 fully saturated rings. The first-order valence-corrected chi connectivity index (χ1v) is 4.39. The fourth-order valence-electron chi connectivity index (χ4n) is 0.627. The van der Waals surface area contributed by atoms with Crippen molar-refractivity contribution in [3.05, 3.63) is 34.9 Å². The summed E-state index contributed by atoms with van der Waals surface area (Å²) in [6.45, 7) is 0. The van der Waals surface area contributed by atoms with Crippen LogP contribution in [-0.2, 0) is 5.21 Å². The van der Waals surface area contributed by atoms with Gasteiger partial charge in [-0.1, -0.05) is 0 Å². The van der Waals surface area contributed by atoms with Crippen molar-refractivity contribution < 1.29 is 0 Å². The number of hydrogen-bond donors (Lipinski definition) is 0. The van der Waals surface area contributed by atoms with Crippen LogP contribution in [0.4, 0.5) is 0 Å². The Bertz CT molecular complexity index is 198. The Morgan fingerprint density at radius 3 is 2.44 bits per heavy atom. The van der Waals surface area contributed by atoms with E-state index in [0.717, 1.165) is 10.2 Å². The van der Waals surface area contributed by atoms with E-state index in [1.54, 1.807) is 0 Å². The second-order valence-electron chi connectivity index (χ2n) is 1.75. The van der Waals surface area contributed by atoms with Crippen molar-refractivity contribution >= 4 is 28.5 Å². The summed E-state index contributed by atoms with van der Waals surface area (Å²) in [7, 11) is 0. The van der Waals surface area contributed by atoms with Crippen molar-refractivity contribution in [1.82, 2.24) is 0 Å². The summed E-state index contributed by atoms with van der Waals surface area (Å²) in [6, 6.07) is 7.87. The Morgan fingerprint density at radius 2 is 2.00 bits per heavy atom. The van der Waals surface area contributed by atoms with Crippen molar-refractivity contribution in [2.45, 2.75) is 5.21 Å². The molecule has 0 atom stereocenters. The molecule has 0 aliphatic rings. The van der Waals surface area contributed by atoms with E-state index in [1.807, 2.05) is 24.3 Å². The normalized spacial score (nSPS) is 9.56. The van der Waals surface area contributed by atoms with E-state index in [-0.39, 0.29) is 0 Å². The first kappa shape index (κ1) is 7.18. The van der Waals surface area contributed by atoms with Crippen LogP contribution in [0.1, 0.15) is 5.56 Å². The zero-order chi connectivity index (χ0) is 6.69. The average molecular weight is 200 g/mol. The Kier molecular flexibility index (Phi) is 2.62.